The summed E-state index contributed by atoms with van der Waals surface area (Å²) < 4.78 is 2.65. The second-order valence-electron chi connectivity index (χ2n) is 6.81. The van der Waals surface area contributed by atoms with Crippen molar-refractivity contribution in [1.82, 2.24) is 19.2 Å². The lowest BCUT2D eigenvalue weighted by atomic mass is 9.96. The van der Waals surface area contributed by atoms with Gasteiger partial charge in [-0.2, -0.15) is 15.6 Å². The Kier molecular flexibility index (Phi) is 3.99. The fourth-order valence-electron chi connectivity index (χ4n) is 3.71. The number of nitrogen functional groups attached to an aromatic ring is 1. The molecule has 0 spiro atoms. The molecule has 146 valence electrons. The van der Waals surface area contributed by atoms with Crippen molar-refractivity contribution in [3.63, 3.8) is 0 Å². The van der Waals surface area contributed by atoms with E-state index in [1.807, 2.05) is 36.4 Å². The molecule has 8 nitrogen and oxygen atoms in total. The van der Waals surface area contributed by atoms with Crippen LogP contribution in [0.25, 0.3) is 33.5 Å². The van der Waals surface area contributed by atoms with E-state index in [4.69, 9.17) is 5.73 Å². The van der Waals surface area contributed by atoms with Gasteiger partial charge >= 0.3 is 0 Å². The number of nitrogens with two attached hydrogens (primary N) is 1. The van der Waals surface area contributed by atoms with Crippen LogP contribution in [0.2, 0.25) is 0 Å². The summed E-state index contributed by atoms with van der Waals surface area (Å²) in [7, 11) is 0. The van der Waals surface area contributed by atoms with E-state index in [0.29, 0.717) is 16.8 Å². The summed E-state index contributed by atoms with van der Waals surface area (Å²) in [6.07, 6.45) is 1.41. The van der Waals surface area contributed by atoms with Gasteiger partial charge in [0.25, 0.3) is 5.56 Å². The van der Waals surface area contributed by atoms with Crippen molar-refractivity contribution in [1.29, 1.82) is 10.5 Å². The first-order valence-electron chi connectivity index (χ1n) is 9.32. The van der Waals surface area contributed by atoms with E-state index in [1.54, 1.807) is 24.3 Å². The minimum Gasteiger partial charge on any atom is -0.384 e. The molecule has 0 unspecified atom stereocenters. The molecule has 0 saturated heterocycles. The normalized spacial score (nSPS) is 10.8. The van der Waals surface area contributed by atoms with E-state index in [1.165, 1.54) is 10.9 Å². The molecule has 31 heavy (non-hydrogen) atoms. The van der Waals surface area contributed by atoms with Crippen molar-refractivity contribution in [3.8, 4) is 29.0 Å². The molecular formula is C23H13N7O. The number of para-hydroxylation sites is 1. The third-order valence-electron chi connectivity index (χ3n) is 5.11. The lowest BCUT2D eigenvalue weighted by molar-refractivity contribution is 0.896. The SMILES string of the molecule is N#Cc1c(-c2ccccc2)c(C#N)c2nc3c(cnn3-c3ccccc3)c(=O)n2c1N. The molecule has 0 aliphatic heterocycles. The maximum absolute atomic E-state index is 13.3. The molecule has 0 radical (unpaired) electrons. The van der Waals surface area contributed by atoms with Gasteiger partial charge < -0.3 is 5.73 Å². The first-order chi connectivity index (χ1) is 15.2. The summed E-state index contributed by atoms with van der Waals surface area (Å²) in [4.78, 5) is 17.9. The van der Waals surface area contributed by atoms with Crippen molar-refractivity contribution in [2.75, 3.05) is 5.73 Å². The fraction of sp³-hybridized carbons (Fsp3) is 0. The predicted octanol–water partition coefficient (Wildman–Crippen LogP) is 3.03. The number of nitriles is 2. The molecule has 0 amide bonds. The molecule has 0 atom stereocenters. The van der Waals surface area contributed by atoms with Crippen LogP contribution in [0.1, 0.15) is 11.1 Å². The standard InChI is InChI=1S/C23H13N7O/c24-11-16-19(14-7-3-1-4-8-14)17(12-25)21-28-22-18(23(31)29(21)20(16)26)13-27-30(22)15-9-5-2-6-10-15/h1-10,13H,26H2. The van der Waals surface area contributed by atoms with Gasteiger partial charge in [-0.25, -0.2) is 14.1 Å². The molecule has 3 heterocycles. The van der Waals surface area contributed by atoms with E-state index in [2.05, 4.69) is 22.2 Å². The van der Waals surface area contributed by atoms with E-state index in [9.17, 15) is 15.3 Å². The number of rotatable bonds is 2. The maximum atomic E-state index is 13.3. The Morgan fingerprint density at radius 3 is 2.16 bits per heavy atom. The Labute approximate surface area is 175 Å². The summed E-state index contributed by atoms with van der Waals surface area (Å²) in [5.41, 5.74) is 8.00. The number of anilines is 1. The van der Waals surface area contributed by atoms with Crippen LogP contribution in [0.5, 0.6) is 0 Å². The zero-order valence-corrected chi connectivity index (χ0v) is 16.0. The first kappa shape index (κ1) is 18.1. The van der Waals surface area contributed by atoms with Crippen molar-refractivity contribution in [2.24, 2.45) is 0 Å². The van der Waals surface area contributed by atoms with Gasteiger partial charge in [0.1, 0.15) is 34.5 Å². The average Bonchev–Trinajstić information content (AvgIpc) is 3.24. The third kappa shape index (κ3) is 2.56. The fourth-order valence-corrected chi connectivity index (χ4v) is 3.71. The predicted molar refractivity (Wildman–Crippen MR) is 115 cm³/mol. The molecule has 0 saturated carbocycles. The Morgan fingerprint density at radius 1 is 0.871 bits per heavy atom. The molecule has 8 heteroatoms. The van der Waals surface area contributed by atoms with Gasteiger partial charge in [-0.1, -0.05) is 48.5 Å². The third-order valence-corrected chi connectivity index (χ3v) is 5.11. The second kappa shape index (κ2) is 6.83. The van der Waals surface area contributed by atoms with Crippen molar-refractivity contribution < 1.29 is 0 Å². The number of fused-ring (bicyclic) bond motifs is 2. The largest absolute Gasteiger partial charge is 0.384 e. The molecule has 5 aromatic rings. The van der Waals surface area contributed by atoms with Crippen LogP contribution >= 0.6 is 0 Å². The molecule has 2 N–H and O–H groups in total. The van der Waals surface area contributed by atoms with E-state index in [0.717, 1.165) is 10.1 Å². The van der Waals surface area contributed by atoms with E-state index >= 15 is 0 Å². The Hall–Kier alpha value is -4.95. The lowest BCUT2D eigenvalue weighted by Crippen LogP contribution is -2.21. The van der Waals surface area contributed by atoms with Gasteiger partial charge in [0.2, 0.25) is 0 Å². The first-order valence-corrected chi connectivity index (χ1v) is 9.32. The van der Waals surface area contributed by atoms with Crippen LogP contribution in [-0.2, 0) is 0 Å². The lowest BCUT2D eigenvalue weighted by Gasteiger charge is -2.14. The van der Waals surface area contributed by atoms with Crippen LogP contribution in [0, 0.1) is 22.7 Å². The van der Waals surface area contributed by atoms with Gasteiger partial charge in [0.05, 0.1) is 11.9 Å². The maximum Gasteiger partial charge on any atom is 0.270 e. The Balaban J connectivity index is 1.99. The van der Waals surface area contributed by atoms with Crippen molar-refractivity contribution >= 4 is 22.5 Å². The molecule has 0 aliphatic carbocycles. The number of hydrogen-bond acceptors (Lipinski definition) is 6. The van der Waals surface area contributed by atoms with E-state index < -0.39 is 5.56 Å². The van der Waals surface area contributed by atoms with Crippen molar-refractivity contribution in [3.05, 3.63) is 88.3 Å². The van der Waals surface area contributed by atoms with Gasteiger partial charge in [-0.05, 0) is 17.7 Å². The van der Waals surface area contributed by atoms with Crippen LogP contribution in [0.4, 0.5) is 5.82 Å². The van der Waals surface area contributed by atoms with Crippen LogP contribution < -0.4 is 11.3 Å². The molecule has 2 aromatic carbocycles. The monoisotopic (exact) mass is 403 g/mol. The summed E-state index contributed by atoms with van der Waals surface area (Å²) >= 11 is 0. The number of benzene rings is 2. The van der Waals surface area contributed by atoms with Gasteiger partial charge in [-0.3, -0.25) is 4.79 Å². The molecule has 0 bridgehead atoms. The summed E-state index contributed by atoms with van der Waals surface area (Å²) in [5, 5.41) is 24.4. The Bertz CT molecular complexity index is 1620. The quantitative estimate of drug-likeness (QED) is 0.483. The highest BCUT2D eigenvalue weighted by molar-refractivity contribution is 5.89. The highest BCUT2D eigenvalue weighted by Crippen LogP contribution is 2.33. The number of hydrogen-bond donors (Lipinski definition) is 1. The topological polar surface area (TPSA) is 126 Å². The highest BCUT2D eigenvalue weighted by Gasteiger charge is 2.24. The summed E-state index contributed by atoms with van der Waals surface area (Å²) in [5.74, 6) is -0.0674. The van der Waals surface area contributed by atoms with E-state index in [-0.39, 0.29) is 28.0 Å². The van der Waals surface area contributed by atoms with Crippen LogP contribution in [-0.4, -0.2) is 19.2 Å². The minimum absolute atomic E-state index is 0.0500. The molecule has 0 aliphatic rings. The zero-order valence-electron chi connectivity index (χ0n) is 16.0. The van der Waals surface area contributed by atoms with Gasteiger partial charge in [0.15, 0.2) is 11.3 Å². The molecule has 5 rings (SSSR count). The molecular weight excluding hydrogens is 390 g/mol. The number of pyridine rings is 1. The smallest absolute Gasteiger partial charge is 0.270 e. The average molecular weight is 403 g/mol. The summed E-state index contributed by atoms with van der Waals surface area (Å²) in [6.45, 7) is 0. The minimum atomic E-state index is -0.493. The van der Waals surface area contributed by atoms with Gasteiger partial charge in [-0.15, -0.1) is 0 Å². The van der Waals surface area contributed by atoms with Crippen molar-refractivity contribution in [2.45, 2.75) is 0 Å². The van der Waals surface area contributed by atoms with Gasteiger partial charge in [0, 0.05) is 5.56 Å². The van der Waals surface area contributed by atoms with Crippen LogP contribution in [0.3, 0.4) is 0 Å². The summed E-state index contributed by atoms with van der Waals surface area (Å²) in [6, 6.07) is 22.4. The number of nitrogens with zero attached hydrogens (tertiary/aromatic N) is 6. The Morgan fingerprint density at radius 2 is 1.52 bits per heavy atom. The number of aromatic nitrogens is 4. The zero-order chi connectivity index (χ0) is 21.5. The van der Waals surface area contributed by atoms with Crippen LogP contribution in [0.15, 0.2) is 71.7 Å². The molecule has 0 fully saturated rings. The highest BCUT2D eigenvalue weighted by atomic mass is 16.1. The molecule has 3 aromatic heterocycles. The second-order valence-corrected chi connectivity index (χ2v) is 6.81.